The highest BCUT2D eigenvalue weighted by atomic mass is 14.9. The van der Waals surface area contributed by atoms with Gasteiger partial charge in [-0.25, -0.2) is 0 Å². The van der Waals surface area contributed by atoms with Crippen molar-refractivity contribution >= 4 is 0 Å². The van der Waals surface area contributed by atoms with E-state index in [1.807, 2.05) is 6.20 Å². The number of aromatic nitrogens is 1. The van der Waals surface area contributed by atoms with Crippen LogP contribution in [-0.2, 0) is 6.54 Å². The number of rotatable bonds is 4. The predicted octanol–water partition coefficient (Wildman–Crippen LogP) is 2.54. The summed E-state index contributed by atoms with van der Waals surface area (Å²) in [6, 6.07) is 4.21. The van der Waals surface area contributed by atoms with Gasteiger partial charge in [0.15, 0.2) is 0 Å². The van der Waals surface area contributed by atoms with Crippen molar-refractivity contribution in [2.75, 3.05) is 6.54 Å². The molecule has 2 fully saturated rings. The molecule has 3 atom stereocenters. The number of hydrogen-bond acceptors (Lipinski definition) is 1. The quantitative estimate of drug-likeness (QED) is 0.775. The predicted molar refractivity (Wildman–Crippen MR) is 61.4 cm³/mol. The van der Waals surface area contributed by atoms with Crippen LogP contribution in [0.15, 0.2) is 18.3 Å². The van der Waals surface area contributed by atoms with Crippen LogP contribution in [0.4, 0.5) is 0 Å². The largest absolute Gasteiger partial charge is 0.364 e. The Balaban J connectivity index is 1.43. The summed E-state index contributed by atoms with van der Waals surface area (Å²) in [5.74, 6) is 3.09. The summed E-state index contributed by atoms with van der Waals surface area (Å²) < 4.78 is 0. The molecule has 0 aliphatic heterocycles. The maximum Gasteiger partial charge on any atom is 0.0357 e. The van der Waals surface area contributed by atoms with Gasteiger partial charge in [0.05, 0.1) is 0 Å². The van der Waals surface area contributed by atoms with Crippen molar-refractivity contribution in [2.24, 2.45) is 17.8 Å². The fraction of sp³-hybridized carbons (Fsp3) is 0.692. The van der Waals surface area contributed by atoms with Crippen LogP contribution >= 0.6 is 0 Å². The van der Waals surface area contributed by atoms with E-state index < -0.39 is 0 Å². The van der Waals surface area contributed by atoms with E-state index >= 15 is 0 Å². The Bertz CT molecular complexity index is 304. The van der Waals surface area contributed by atoms with Crippen molar-refractivity contribution in [3.63, 3.8) is 0 Å². The van der Waals surface area contributed by atoms with Gasteiger partial charge >= 0.3 is 0 Å². The van der Waals surface area contributed by atoms with E-state index in [4.69, 9.17) is 0 Å². The van der Waals surface area contributed by atoms with E-state index in [2.05, 4.69) is 22.4 Å². The lowest BCUT2D eigenvalue weighted by atomic mass is 9.89. The van der Waals surface area contributed by atoms with E-state index in [1.54, 1.807) is 0 Å². The molecule has 2 saturated carbocycles. The monoisotopic (exact) mass is 204 g/mol. The molecule has 82 valence electrons. The Hall–Kier alpha value is -0.760. The molecule has 1 aromatic rings. The van der Waals surface area contributed by atoms with Gasteiger partial charge in [-0.1, -0.05) is 6.42 Å². The van der Waals surface area contributed by atoms with Gasteiger partial charge in [-0.15, -0.1) is 0 Å². The van der Waals surface area contributed by atoms with E-state index in [0.717, 1.165) is 24.3 Å². The highest BCUT2D eigenvalue weighted by Crippen LogP contribution is 2.47. The summed E-state index contributed by atoms with van der Waals surface area (Å²) in [4.78, 5) is 3.23. The summed E-state index contributed by atoms with van der Waals surface area (Å²) in [6.07, 6.45) is 8.02. The molecule has 2 heteroatoms. The number of hydrogen-bond donors (Lipinski definition) is 2. The molecule has 2 aliphatic rings. The van der Waals surface area contributed by atoms with Crippen molar-refractivity contribution in [1.29, 1.82) is 0 Å². The fourth-order valence-corrected chi connectivity index (χ4v) is 3.50. The Kier molecular flexibility index (Phi) is 2.53. The van der Waals surface area contributed by atoms with Crippen LogP contribution in [0.1, 0.15) is 31.4 Å². The Morgan fingerprint density at radius 3 is 3.00 bits per heavy atom. The molecule has 2 N–H and O–H groups in total. The van der Waals surface area contributed by atoms with Gasteiger partial charge in [-0.05, 0) is 55.7 Å². The van der Waals surface area contributed by atoms with E-state index in [-0.39, 0.29) is 0 Å². The first-order valence-corrected chi connectivity index (χ1v) is 6.25. The smallest absolute Gasteiger partial charge is 0.0357 e. The average molecular weight is 204 g/mol. The maximum absolute atomic E-state index is 3.58. The SMILES string of the molecule is c1c[nH]c(CNCC2CC3CCC2C3)c1. The molecule has 1 heterocycles. The second-order valence-corrected chi connectivity index (χ2v) is 5.26. The van der Waals surface area contributed by atoms with E-state index in [0.29, 0.717) is 0 Å². The minimum absolute atomic E-state index is 0.971. The van der Waals surface area contributed by atoms with Crippen molar-refractivity contribution in [3.05, 3.63) is 24.0 Å². The molecule has 0 aromatic carbocycles. The number of H-pyrrole nitrogens is 1. The van der Waals surface area contributed by atoms with Gasteiger partial charge in [-0.2, -0.15) is 0 Å². The third kappa shape index (κ3) is 1.96. The highest BCUT2D eigenvalue weighted by Gasteiger charge is 2.38. The molecular formula is C13H20N2. The van der Waals surface area contributed by atoms with Gasteiger partial charge < -0.3 is 10.3 Å². The third-order valence-electron chi connectivity index (χ3n) is 4.27. The van der Waals surface area contributed by atoms with Crippen LogP contribution < -0.4 is 5.32 Å². The molecule has 3 rings (SSSR count). The van der Waals surface area contributed by atoms with E-state index in [9.17, 15) is 0 Å². The normalized spacial score (nSPS) is 33.7. The first-order chi connectivity index (χ1) is 7.42. The summed E-state index contributed by atoms with van der Waals surface area (Å²) in [6.45, 7) is 2.22. The second kappa shape index (κ2) is 4.01. The molecule has 0 spiro atoms. The van der Waals surface area contributed by atoms with E-state index in [1.165, 1.54) is 37.9 Å². The number of aromatic amines is 1. The lowest BCUT2D eigenvalue weighted by Crippen LogP contribution is -2.26. The fourth-order valence-electron chi connectivity index (χ4n) is 3.50. The molecule has 3 unspecified atom stereocenters. The first kappa shape index (κ1) is 9.46. The zero-order valence-electron chi connectivity index (χ0n) is 9.21. The lowest BCUT2D eigenvalue weighted by molar-refractivity contribution is 0.318. The zero-order chi connectivity index (χ0) is 10.1. The van der Waals surface area contributed by atoms with Gasteiger partial charge in [-0.3, -0.25) is 0 Å². The molecule has 2 nitrogen and oxygen atoms in total. The summed E-state index contributed by atoms with van der Waals surface area (Å²) >= 11 is 0. The molecule has 2 bridgehead atoms. The lowest BCUT2D eigenvalue weighted by Gasteiger charge is -2.21. The topological polar surface area (TPSA) is 27.8 Å². The van der Waals surface area contributed by atoms with Crippen LogP contribution in [0.25, 0.3) is 0 Å². The molecule has 1 aromatic heterocycles. The van der Waals surface area contributed by atoms with Crippen LogP contribution in [0.3, 0.4) is 0 Å². The summed E-state index contributed by atoms with van der Waals surface area (Å²) in [5.41, 5.74) is 1.30. The minimum atomic E-state index is 0.971. The molecular weight excluding hydrogens is 184 g/mol. The Morgan fingerprint density at radius 1 is 1.33 bits per heavy atom. The summed E-state index contributed by atoms with van der Waals surface area (Å²) in [5, 5.41) is 3.58. The van der Waals surface area contributed by atoms with Crippen molar-refractivity contribution in [2.45, 2.75) is 32.2 Å². The van der Waals surface area contributed by atoms with Crippen molar-refractivity contribution in [1.82, 2.24) is 10.3 Å². The van der Waals surface area contributed by atoms with Gasteiger partial charge in [0.1, 0.15) is 0 Å². The van der Waals surface area contributed by atoms with Crippen LogP contribution in [0.5, 0.6) is 0 Å². The summed E-state index contributed by atoms with van der Waals surface area (Å²) in [7, 11) is 0. The standard InChI is InChI=1S/C13H20N2/c1-2-13(15-5-1)9-14-8-12-7-10-3-4-11(12)6-10/h1-2,5,10-12,14-15H,3-4,6-9H2. The maximum atomic E-state index is 3.58. The number of nitrogens with one attached hydrogen (secondary N) is 2. The minimum Gasteiger partial charge on any atom is -0.364 e. The van der Waals surface area contributed by atoms with Crippen LogP contribution in [-0.4, -0.2) is 11.5 Å². The third-order valence-corrected chi connectivity index (χ3v) is 4.27. The van der Waals surface area contributed by atoms with Gasteiger partial charge in [0.25, 0.3) is 0 Å². The molecule has 2 aliphatic carbocycles. The van der Waals surface area contributed by atoms with Crippen LogP contribution in [0.2, 0.25) is 0 Å². The molecule has 0 radical (unpaired) electrons. The van der Waals surface area contributed by atoms with Crippen molar-refractivity contribution < 1.29 is 0 Å². The Morgan fingerprint density at radius 2 is 2.33 bits per heavy atom. The van der Waals surface area contributed by atoms with Gasteiger partial charge in [0.2, 0.25) is 0 Å². The second-order valence-electron chi connectivity index (χ2n) is 5.26. The van der Waals surface area contributed by atoms with Crippen LogP contribution in [0, 0.1) is 17.8 Å². The van der Waals surface area contributed by atoms with Crippen molar-refractivity contribution in [3.8, 4) is 0 Å². The Labute approximate surface area is 91.5 Å². The van der Waals surface area contributed by atoms with Gasteiger partial charge in [0, 0.05) is 18.4 Å². The molecule has 0 saturated heterocycles. The molecule has 15 heavy (non-hydrogen) atoms. The highest BCUT2D eigenvalue weighted by molar-refractivity contribution is 5.03. The number of fused-ring (bicyclic) bond motifs is 2. The average Bonchev–Trinajstić information content (AvgIpc) is 2.93. The molecule has 0 amide bonds. The zero-order valence-corrected chi connectivity index (χ0v) is 9.21. The first-order valence-electron chi connectivity index (χ1n) is 6.25.